The van der Waals surface area contributed by atoms with Crippen molar-refractivity contribution in [2.24, 2.45) is 0 Å². The minimum Gasteiger partial charge on any atom is -0.304 e. The van der Waals surface area contributed by atoms with E-state index < -0.39 is 0 Å². The predicted molar refractivity (Wildman–Crippen MR) is 192 cm³/mol. The molecule has 0 atom stereocenters. The highest BCUT2D eigenvalue weighted by molar-refractivity contribution is 6.12. The molecule has 6 heterocycles. The topological polar surface area (TPSA) is 101 Å². The minimum atomic E-state index is 0.357. The third-order valence-electron chi connectivity index (χ3n) is 9.44. The van der Waals surface area contributed by atoms with Crippen LogP contribution in [0.3, 0.4) is 0 Å². The van der Waals surface area contributed by atoms with Crippen molar-refractivity contribution in [3.63, 3.8) is 0 Å². The largest absolute Gasteiger partial charge is 0.304 e. The number of fused-ring (bicyclic) bond motifs is 9. The summed E-state index contributed by atoms with van der Waals surface area (Å²) in [6.07, 6.45) is 5.38. The van der Waals surface area contributed by atoms with E-state index in [9.17, 15) is 10.5 Å². The zero-order valence-corrected chi connectivity index (χ0v) is 25.8. The molecule has 0 N–H and O–H groups in total. The van der Waals surface area contributed by atoms with Crippen LogP contribution in [0.4, 0.5) is 0 Å². The number of aromatic nitrogens is 6. The fraction of sp³-hybridized carbons (Fsp3) is 0. The zero-order valence-electron chi connectivity index (χ0n) is 25.8. The van der Waals surface area contributed by atoms with E-state index in [2.05, 4.69) is 62.2 Å². The molecule has 0 amide bonds. The monoisotopic (exact) mass is 626 g/mol. The van der Waals surface area contributed by atoms with Gasteiger partial charge < -0.3 is 13.7 Å². The Kier molecular flexibility index (Phi) is 5.54. The van der Waals surface area contributed by atoms with Gasteiger partial charge in [0.15, 0.2) is 0 Å². The summed E-state index contributed by atoms with van der Waals surface area (Å²) >= 11 is 0. The van der Waals surface area contributed by atoms with Gasteiger partial charge in [-0.2, -0.15) is 10.5 Å². The third-order valence-corrected chi connectivity index (χ3v) is 9.44. The van der Waals surface area contributed by atoms with Crippen molar-refractivity contribution in [3.8, 4) is 29.2 Å². The number of hydrogen-bond donors (Lipinski definition) is 0. The average Bonchev–Trinajstić information content (AvgIpc) is 3.80. The molecule has 49 heavy (non-hydrogen) atoms. The van der Waals surface area contributed by atoms with Crippen LogP contribution in [0.1, 0.15) is 11.1 Å². The maximum Gasteiger partial charge on any atom is 0.101 e. The molecular formula is C41H22N8. The first kappa shape index (κ1) is 26.9. The van der Waals surface area contributed by atoms with Gasteiger partial charge in [-0.15, -0.1) is 0 Å². The van der Waals surface area contributed by atoms with Gasteiger partial charge in [0.2, 0.25) is 0 Å². The molecule has 0 saturated heterocycles. The second-order valence-electron chi connectivity index (χ2n) is 11.9. The van der Waals surface area contributed by atoms with Crippen LogP contribution in [-0.2, 0) is 0 Å². The predicted octanol–water partition coefficient (Wildman–Crippen LogP) is 8.91. The Hall–Kier alpha value is -7.29. The summed E-state index contributed by atoms with van der Waals surface area (Å²) in [6.45, 7) is 0. The summed E-state index contributed by atoms with van der Waals surface area (Å²) in [4.78, 5) is 14.5. The average molecular weight is 627 g/mol. The van der Waals surface area contributed by atoms with Crippen LogP contribution in [0, 0.1) is 22.7 Å². The SMILES string of the molecule is N#Cc1cc(C#N)c(-n2c3ccccc3c3ncccc32)c(-n2c3ccccc3c3ncccc32)c1-n1c2ccccc2c2ncccc21. The Morgan fingerprint density at radius 3 is 1.08 bits per heavy atom. The number of rotatable bonds is 3. The molecule has 0 aliphatic rings. The fourth-order valence-corrected chi connectivity index (χ4v) is 7.56. The Balaban J connectivity index is 1.54. The smallest absolute Gasteiger partial charge is 0.101 e. The molecule has 0 saturated carbocycles. The van der Waals surface area contributed by atoms with Crippen molar-refractivity contribution in [2.45, 2.75) is 0 Å². The number of pyridine rings is 3. The molecule has 8 heteroatoms. The zero-order chi connectivity index (χ0) is 32.6. The molecule has 0 radical (unpaired) electrons. The first-order chi connectivity index (χ1) is 24.3. The molecular weight excluding hydrogens is 605 g/mol. The summed E-state index contributed by atoms with van der Waals surface area (Å²) in [6, 6.07) is 42.9. The lowest BCUT2D eigenvalue weighted by Gasteiger charge is -2.24. The molecule has 0 unspecified atom stereocenters. The van der Waals surface area contributed by atoms with Gasteiger partial charge in [0.1, 0.15) is 12.1 Å². The van der Waals surface area contributed by atoms with E-state index in [4.69, 9.17) is 15.0 Å². The Morgan fingerprint density at radius 1 is 0.388 bits per heavy atom. The van der Waals surface area contributed by atoms with Crippen LogP contribution >= 0.6 is 0 Å². The van der Waals surface area contributed by atoms with Gasteiger partial charge in [-0.1, -0.05) is 54.6 Å². The summed E-state index contributed by atoms with van der Waals surface area (Å²) in [5.41, 5.74) is 10.4. The molecule has 0 bridgehead atoms. The molecule has 0 aliphatic heterocycles. The summed E-state index contributed by atoms with van der Waals surface area (Å²) < 4.78 is 6.41. The first-order valence-corrected chi connectivity index (χ1v) is 15.8. The standard InChI is InChI=1S/C41H22N8/c42-23-25-22-26(24-43)40(48-31-14-5-2-11-28(31)37-34(48)17-8-20-45-37)41(49-32-15-6-3-12-29(32)38-35(49)18-9-21-46-38)39(25)47-30-13-4-1-10-27(30)36-33(47)16-7-19-44-36/h1-22H. The van der Waals surface area contributed by atoms with Gasteiger partial charge in [0, 0.05) is 34.7 Å². The van der Waals surface area contributed by atoms with Gasteiger partial charge in [-0.25, -0.2) is 0 Å². The lowest BCUT2D eigenvalue weighted by Crippen LogP contribution is -2.13. The van der Waals surface area contributed by atoms with Gasteiger partial charge in [0.25, 0.3) is 0 Å². The highest BCUT2D eigenvalue weighted by Crippen LogP contribution is 2.44. The van der Waals surface area contributed by atoms with Crippen molar-refractivity contribution >= 4 is 65.8 Å². The highest BCUT2D eigenvalue weighted by atomic mass is 15.1. The maximum absolute atomic E-state index is 11.0. The van der Waals surface area contributed by atoms with E-state index in [1.54, 1.807) is 24.7 Å². The van der Waals surface area contributed by atoms with E-state index in [1.807, 2.05) is 72.8 Å². The van der Waals surface area contributed by atoms with E-state index in [-0.39, 0.29) is 0 Å². The van der Waals surface area contributed by atoms with Crippen molar-refractivity contribution in [1.29, 1.82) is 10.5 Å². The highest BCUT2D eigenvalue weighted by Gasteiger charge is 2.29. The maximum atomic E-state index is 11.0. The first-order valence-electron chi connectivity index (χ1n) is 15.8. The van der Waals surface area contributed by atoms with E-state index in [1.165, 1.54) is 0 Å². The summed E-state index contributed by atoms with van der Waals surface area (Å²) in [5.74, 6) is 0. The molecule has 8 nitrogen and oxygen atoms in total. The van der Waals surface area contributed by atoms with Crippen LogP contribution in [0.5, 0.6) is 0 Å². The van der Waals surface area contributed by atoms with Crippen molar-refractivity contribution in [1.82, 2.24) is 28.7 Å². The molecule has 0 spiro atoms. The Bertz CT molecular complexity index is 2780. The molecule has 4 aromatic carbocycles. The quantitative estimate of drug-likeness (QED) is 0.195. The molecule has 10 aromatic rings. The number of benzene rings is 4. The van der Waals surface area contributed by atoms with Crippen LogP contribution in [0.2, 0.25) is 0 Å². The van der Waals surface area contributed by atoms with Crippen LogP contribution in [-0.4, -0.2) is 28.7 Å². The lowest BCUT2D eigenvalue weighted by atomic mass is 10.0. The number of nitrogens with zero attached hydrogens (tertiary/aromatic N) is 8. The van der Waals surface area contributed by atoms with Gasteiger partial charge in [0.05, 0.1) is 77.8 Å². The van der Waals surface area contributed by atoms with Gasteiger partial charge in [-0.3, -0.25) is 15.0 Å². The number of hydrogen-bond acceptors (Lipinski definition) is 5. The normalized spacial score (nSPS) is 11.6. The van der Waals surface area contributed by atoms with E-state index >= 15 is 0 Å². The van der Waals surface area contributed by atoms with Crippen molar-refractivity contribution in [3.05, 3.63) is 145 Å². The van der Waals surface area contributed by atoms with Gasteiger partial charge in [-0.05, 0) is 60.7 Å². The summed E-state index contributed by atoms with van der Waals surface area (Å²) in [7, 11) is 0. The molecule has 6 aromatic heterocycles. The van der Waals surface area contributed by atoms with Crippen LogP contribution in [0.25, 0.3) is 82.9 Å². The molecule has 0 aliphatic carbocycles. The van der Waals surface area contributed by atoms with E-state index in [0.717, 1.165) is 65.8 Å². The number of para-hydroxylation sites is 3. The van der Waals surface area contributed by atoms with Crippen molar-refractivity contribution in [2.75, 3.05) is 0 Å². The van der Waals surface area contributed by atoms with Crippen LogP contribution in [0.15, 0.2) is 134 Å². The summed E-state index contributed by atoms with van der Waals surface area (Å²) in [5, 5.41) is 24.8. The van der Waals surface area contributed by atoms with Gasteiger partial charge >= 0.3 is 0 Å². The molecule has 226 valence electrons. The third kappa shape index (κ3) is 3.57. The fourth-order valence-electron chi connectivity index (χ4n) is 7.56. The Morgan fingerprint density at radius 2 is 0.714 bits per heavy atom. The molecule has 0 fully saturated rings. The van der Waals surface area contributed by atoms with Crippen LogP contribution < -0.4 is 0 Å². The van der Waals surface area contributed by atoms with E-state index in [0.29, 0.717) is 28.2 Å². The Labute approximate surface area is 278 Å². The second kappa shape index (κ2) is 10.1. The second-order valence-corrected chi connectivity index (χ2v) is 11.9. The van der Waals surface area contributed by atoms with Crippen molar-refractivity contribution < 1.29 is 0 Å². The minimum absolute atomic E-state index is 0.357. The number of nitriles is 2. The molecule has 10 rings (SSSR count). The lowest BCUT2D eigenvalue weighted by molar-refractivity contribution is 1.04.